The van der Waals surface area contributed by atoms with Crippen molar-refractivity contribution in [2.75, 3.05) is 18.8 Å². The number of piperidine rings is 1. The van der Waals surface area contributed by atoms with Crippen molar-refractivity contribution in [3.8, 4) is 0 Å². The third-order valence-corrected chi connectivity index (χ3v) is 5.25. The van der Waals surface area contributed by atoms with Crippen LogP contribution in [0, 0.1) is 0 Å². The summed E-state index contributed by atoms with van der Waals surface area (Å²) in [5, 5.41) is 9.98. The SMILES string of the molecule is CC1(O)CCCN(S(=O)(=O)CCc2ccncc2)C1. The molecule has 1 saturated heterocycles. The highest BCUT2D eigenvalue weighted by Crippen LogP contribution is 2.22. The Kier molecular flexibility index (Phi) is 4.23. The van der Waals surface area contributed by atoms with Crippen molar-refractivity contribution in [3.63, 3.8) is 0 Å². The summed E-state index contributed by atoms with van der Waals surface area (Å²) in [4.78, 5) is 3.91. The summed E-state index contributed by atoms with van der Waals surface area (Å²) in [7, 11) is -3.30. The Morgan fingerprint density at radius 1 is 1.42 bits per heavy atom. The van der Waals surface area contributed by atoms with Gasteiger partial charge in [0.2, 0.25) is 10.0 Å². The fourth-order valence-corrected chi connectivity index (χ4v) is 3.97. The number of aryl methyl sites for hydroxylation is 1. The lowest BCUT2D eigenvalue weighted by Crippen LogP contribution is -2.49. The third kappa shape index (κ3) is 3.99. The predicted molar refractivity (Wildman–Crippen MR) is 73.2 cm³/mol. The lowest BCUT2D eigenvalue weighted by Gasteiger charge is -2.35. The summed E-state index contributed by atoms with van der Waals surface area (Å²) in [5.41, 5.74) is 0.0597. The van der Waals surface area contributed by atoms with E-state index in [2.05, 4.69) is 4.98 Å². The summed E-state index contributed by atoms with van der Waals surface area (Å²) in [6.07, 6.45) is 5.16. The maximum atomic E-state index is 12.2. The molecule has 1 atom stereocenters. The largest absolute Gasteiger partial charge is 0.389 e. The Bertz CT molecular complexity index is 514. The van der Waals surface area contributed by atoms with Gasteiger partial charge in [-0.25, -0.2) is 8.42 Å². The van der Waals surface area contributed by atoms with Crippen LogP contribution >= 0.6 is 0 Å². The van der Waals surface area contributed by atoms with Crippen LogP contribution in [0.3, 0.4) is 0 Å². The molecule has 5 nitrogen and oxygen atoms in total. The van der Waals surface area contributed by atoms with Crippen molar-refractivity contribution in [2.24, 2.45) is 0 Å². The van der Waals surface area contributed by atoms with Gasteiger partial charge in [0.15, 0.2) is 0 Å². The van der Waals surface area contributed by atoms with Crippen LogP contribution in [0.15, 0.2) is 24.5 Å². The zero-order chi connectivity index (χ0) is 13.9. The Labute approximate surface area is 114 Å². The van der Waals surface area contributed by atoms with Gasteiger partial charge in [-0.2, -0.15) is 4.31 Å². The molecule has 1 aromatic rings. The first-order chi connectivity index (χ1) is 8.89. The highest BCUT2D eigenvalue weighted by molar-refractivity contribution is 7.89. The van der Waals surface area contributed by atoms with Crippen LogP contribution in [0.5, 0.6) is 0 Å². The van der Waals surface area contributed by atoms with E-state index in [0.29, 0.717) is 25.8 Å². The molecule has 1 fully saturated rings. The van der Waals surface area contributed by atoms with Crippen molar-refractivity contribution >= 4 is 10.0 Å². The van der Waals surface area contributed by atoms with E-state index in [1.54, 1.807) is 19.3 Å². The number of aliphatic hydroxyl groups is 1. The van der Waals surface area contributed by atoms with Gasteiger partial charge in [0.05, 0.1) is 11.4 Å². The van der Waals surface area contributed by atoms with Crippen molar-refractivity contribution in [1.82, 2.24) is 9.29 Å². The minimum Gasteiger partial charge on any atom is -0.389 e. The molecule has 1 aliphatic rings. The standard InChI is InChI=1S/C13H20N2O3S/c1-13(16)6-2-9-15(11-13)19(17,18)10-5-12-3-7-14-8-4-12/h3-4,7-8,16H,2,5-6,9-11H2,1H3. The van der Waals surface area contributed by atoms with E-state index in [1.807, 2.05) is 12.1 Å². The topological polar surface area (TPSA) is 70.5 Å². The third-order valence-electron chi connectivity index (χ3n) is 3.43. The van der Waals surface area contributed by atoms with Crippen molar-refractivity contribution in [3.05, 3.63) is 30.1 Å². The molecule has 1 unspecified atom stereocenters. The molecule has 0 bridgehead atoms. The van der Waals surface area contributed by atoms with E-state index < -0.39 is 15.6 Å². The molecule has 106 valence electrons. The Morgan fingerprint density at radius 3 is 2.74 bits per heavy atom. The molecule has 0 radical (unpaired) electrons. The number of hydrogen-bond acceptors (Lipinski definition) is 4. The number of hydrogen-bond donors (Lipinski definition) is 1. The first-order valence-corrected chi connectivity index (χ1v) is 8.09. The quantitative estimate of drug-likeness (QED) is 0.888. The Morgan fingerprint density at radius 2 is 2.11 bits per heavy atom. The zero-order valence-corrected chi connectivity index (χ0v) is 11.9. The molecule has 1 N–H and O–H groups in total. The molecular weight excluding hydrogens is 264 g/mol. The van der Waals surface area contributed by atoms with Gasteiger partial charge in [-0.1, -0.05) is 0 Å². The fraction of sp³-hybridized carbons (Fsp3) is 0.615. The van der Waals surface area contributed by atoms with E-state index in [1.165, 1.54) is 4.31 Å². The van der Waals surface area contributed by atoms with Gasteiger partial charge < -0.3 is 5.11 Å². The van der Waals surface area contributed by atoms with Crippen LogP contribution < -0.4 is 0 Å². The van der Waals surface area contributed by atoms with E-state index in [4.69, 9.17) is 0 Å². The summed E-state index contributed by atoms with van der Waals surface area (Å²) in [5.74, 6) is 0.0765. The second kappa shape index (κ2) is 5.56. The van der Waals surface area contributed by atoms with Gasteiger partial charge in [0.25, 0.3) is 0 Å². The summed E-state index contributed by atoms with van der Waals surface area (Å²) in [6, 6.07) is 3.64. The smallest absolute Gasteiger partial charge is 0.214 e. The lowest BCUT2D eigenvalue weighted by molar-refractivity contribution is 0.00942. The molecule has 0 spiro atoms. The normalized spacial score (nSPS) is 25.4. The second-order valence-electron chi connectivity index (χ2n) is 5.36. The van der Waals surface area contributed by atoms with E-state index >= 15 is 0 Å². The number of aromatic nitrogens is 1. The van der Waals surface area contributed by atoms with Gasteiger partial charge in [0.1, 0.15) is 0 Å². The minimum atomic E-state index is -3.30. The number of pyridine rings is 1. The molecule has 6 heteroatoms. The minimum absolute atomic E-state index is 0.0765. The maximum absolute atomic E-state index is 12.2. The predicted octanol–water partition coefficient (Wildman–Crippen LogP) is 0.801. The summed E-state index contributed by atoms with van der Waals surface area (Å²) >= 11 is 0. The van der Waals surface area contributed by atoms with Crippen LogP contribution in [0.2, 0.25) is 0 Å². The molecule has 19 heavy (non-hydrogen) atoms. The Balaban J connectivity index is 1.98. The van der Waals surface area contributed by atoms with Crippen molar-refractivity contribution < 1.29 is 13.5 Å². The van der Waals surface area contributed by atoms with E-state index in [0.717, 1.165) is 5.56 Å². The van der Waals surface area contributed by atoms with Crippen LogP contribution in [0.25, 0.3) is 0 Å². The van der Waals surface area contributed by atoms with E-state index in [9.17, 15) is 13.5 Å². The average molecular weight is 284 g/mol. The van der Waals surface area contributed by atoms with Gasteiger partial charge in [-0.3, -0.25) is 4.98 Å². The first-order valence-electron chi connectivity index (χ1n) is 6.48. The van der Waals surface area contributed by atoms with Crippen LogP contribution in [-0.4, -0.2) is 47.3 Å². The van der Waals surface area contributed by atoms with E-state index in [-0.39, 0.29) is 12.3 Å². The lowest BCUT2D eigenvalue weighted by atomic mass is 9.97. The van der Waals surface area contributed by atoms with Gasteiger partial charge >= 0.3 is 0 Å². The van der Waals surface area contributed by atoms with Crippen LogP contribution in [-0.2, 0) is 16.4 Å². The monoisotopic (exact) mass is 284 g/mol. The van der Waals surface area contributed by atoms with Crippen molar-refractivity contribution in [2.45, 2.75) is 31.8 Å². The van der Waals surface area contributed by atoms with Crippen molar-refractivity contribution in [1.29, 1.82) is 0 Å². The molecule has 0 saturated carbocycles. The molecule has 1 aromatic heterocycles. The molecule has 2 rings (SSSR count). The molecule has 0 aromatic carbocycles. The van der Waals surface area contributed by atoms with Gasteiger partial charge in [0, 0.05) is 25.5 Å². The number of β-amino-alcohol motifs (C(OH)–C–C–N with tert-alkyl or cyclic N) is 1. The van der Waals surface area contributed by atoms with Crippen LogP contribution in [0.1, 0.15) is 25.3 Å². The number of nitrogens with zero attached hydrogens (tertiary/aromatic N) is 2. The summed E-state index contributed by atoms with van der Waals surface area (Å²) < 4.78 is 25.9. The van der Waals surface area contributed by atoms with Gasteiger partial charge in [-0.05, 0) is 43.9 Å². The Hall–Kier alpha value is -0.980. The first kappa shape index (κ1) is 14.4. The molecule has 1 aliphatic heterocycles. The molecule has 2 heterocycles. The second-order valence-corrected chi connectivity index (χ2v) is 7.44. The van der Waals surface area contributed by atoms with Crippen LogP contribution in [0.4, 0.5) is 0 Å². The van der Waals surface area contributed by atoms with Gasteiger partial charge in [-0.15, -0.1) is 0 Å². The molecular formula is C13H20N2O3S. The number of sulfonamides is 1. The summed E-state index contributed by atoms with van der Waals surface area (Å²) in [6.45, 7) is 2.40. The zero-order valence-electron chi connectivity index (χ0n) is 11.1. The average Bonchev–Trinajstić information content (AvgIpc) is 2.37. The fourth-order valence-electron chi connectivity index (χ4n) is 2.34. The highest BCUT2D eigenvalue weighted by atomic mass is 32.2. The maximum Gasteiger partial charge on any atom is 0.214 e. The number of rotatable bonds is 4. The highest BCUT2D eigenvalue weighted by Gasteiger charge is 2.34. The molecule has 0 amide bonds. The molecule has 0 aliphatic carbocycles.